The van der Waals surface area contributed by atoms with Crippen molar-refractivity contribution in [3.05, 3.63) is 163 Å². The van der Waals surface area contributed by atoms with Gasteiger partial charge in [-0.15, -0.1) is 0 Å². The lowest BCUT2D eigenvalue weighted by Gasteiger charge is -2.28. The van der Waals surface area contributed by atoms with E-state index in [-0.39, 0.29) is 6.04 Å². The lowest BCUT2D eigenvalue weighted by Crippen LogP contribution is -2.42. The highest BCUT2D eigenvalue weighted by atomic mass is 16.3. The Bertz CT molecular complexity index is 2670. The summed E-state index contributed by atoms with van der Waals surface area (Å²) in [5.41, 5.74) is 9.68. The zero-order valence-corrected chi connectivity index (χ0v) is 24.8. The molecule has 1 aliphatic heterocycles. The number of nitrogens with one attached hydrogen (secondary N) is 1. The van der Waals surface area contributed by atoms with Crippen LogP contribution in [-0.2, 0) is 0 Å². The Morgan fingerprint density at radius 3 is 2.24 bits per heavy atom. The van der Waals surface area contributed by atoms with Crippen LogP contribution < -0.4 is 5.32 Å². The Kier molecular flexibility index (Phi) is 5.31. The molecule has 0 fully saturated rings. The van der Waals surface area contributed by atoms with Crippen LogP contribution in [0.25, 0.3) is 71.3 Å². The standard InChI is InChI=1S/C42H27N3O/c1-2-10-27(11-3-1)40-33-14-4-7-15-36(33)43-42(44-40)45-37-16-8-5-12-30(37)32-22-20-26-18-19-28(24-34(26)41(32)45)29-21-23-39-35(25-29)31-13-6-9-17-38(31)46-39/h1-25,36H,(H,43,44). The van der Waals surface area contributed by atoms with Crippen molar-refractivity contribution in [1.82, 2.24) is 9.88 Å². The third-order valence-corrected chi connectivity index (χ3v) is 9.42. The van der Waals surface area contributed by atoms with Gasteiger partial charge in [0.15, 0.2) is 0 Å². The minimum absolute atomic E-state index is 0.0194. The van der Waals surface area contributed by atoms with Crippen molar-refractivity contribution < 1.29 is 4.42 Å². The van der Waals surface area contributed by atoms with E-state index in [0.29, 0.717) is 0 Å². The Morgan fingerprint density at radius 1 is 0.587 bits per heavy atom. The van der Waals surface area contributed by atoms with Crippen molar-refractivity contribution in [3.8, 4) is 11.1 Å². The van der Waals surface area contributed by atoms with Gasteiger partial charge in [-0.25, -0.2) is 4.99 Å². The fourth-order valence-corrected chi connectivity index (χ4v) is 7.26. The molecule has 1 unspecified atom stereocenters. The summed E-state index contributed by atoms with van der Waals surface area (Å²) in [7, 11) is 0. The highest BCUT2D eigenvalue weighted by molar-refractivity contribution is 6.22. The number of allylic oxidation sites excluding steroid dienone is 2. The zero-order chi connectivity index (χ0) is 30.2. The third-order valence-electron chi connectivity index (χ3n) is 9.42. The van der Waals surface area contributed by atoms with Crippen molar-refractivity contribution >= 4 is 66.2 Å². The second kappa shape index (κ2) is 9.68. The van der Waals surface area contributed by atoms with E-state index in [0.717, 1.165) is 61.3 Å². The maximum atomic E-state index is 6.13. The molecule has 4 heteroatoms. The van der Waals surface area contributed by atoms with E-state index in [1.807, 2.05) is 12.1 Å². The van der Waals surface area contributed by atoms with Crippen LogP contribution >= 0.6 is 0 Å². The van der Waals surface area contributed by atoms with Crippen LogP contribution in [0.3, 0.4) is 0 Å². The van der Waals surface area contributed by atoms with Gasteiger partial charge in [-0.3, -0.25) is 4.57 Å². The lowest BCUT2D eigenvalue weighted by atomic mass is 9.95. The second-order valence-electron chi connectivity index (χ2n) is 12.0. The quantitative estimate of drug-likeness (QED) is 0.218. The molecule has 0 radical (unpaired) electrons. The molecular weight excluding hydrogens is 562 g/mol. The number of hydrogen-bond acceptors (Lipinski definition) is 3. The predicted octanol–water partition coefficient (Wildman–Crippen LogP) is 10.2. The summed E-state index contributed by atoms with van der Waals surface area (Å²) in [6, 6.07) is 45.2. The summed E-state index contributed by atoms with van der Waals surface area (Å²) in [6.07, 6.45) is 8.59. The summed E-state index contributed by atoms with van der Waals surface area (Å²) >= 11 is 0. The van der Waals surface area contributed by atoms with Crippen LogP contribution in [0.15, 0.2) is 167 Å². The molecule has 1 aliphatic carbocycles. The van der Waals surface area contributed by atoms with E-state index in [2.05, 4.69) is 149 Å². The van der Waals surface area contributed by atoms with Gasteiger partial charge in [0.25, 0.3) is 0 Å². The largest absolute Gasteiger partial charge is 0.456 e. The summed E-state index contributed by atoms with van der Waals surface area (Å²) < 4.78 is 8.46. The highest BCUT2D eigenvalue weighted by Crippen LogP contribution is 2.39. The smallest absolute Gasteiger partial charge is 0.209 e. The summed E-state index contributed by atoms with van der Waals surface area (Å²) in [4.78, 5) is 5.38. The fraction of sp³-hybridized carbons (Fsp3) is 0.0238. The second-order valence-corrected chi connectivity index (χ2v) is 12.0. The zero-order valence-electron chi connectivity index (χ0n) is 24.8. The summed E-state index contributed by atoms with van der Waals surface area (Å²) in [6.45, 7) is 0. The fourth-order valence-electron chi connectivity index (χ4n) is 7.26. The van der Waals surface area contributed by atoms with Gasteiger partial charge in [-0.2, -0.15) is 0 Å². The number of nitrogens with zero attached hydrogens (tertiary/aromatic N) is 2. The summed E-state index contributed by atoms with van der Waals surface area (Å²) in [5.74, 6) is 0.822. The molecule has 0 saturated heterocycles. The Morgan fingerprint density at radius 2 is 1.33 bits per heavy atom. The lowest BCUT2D eigenvalue weighted by molar-refractivity contribution is 0.669. The highest BCUT2D eigenvalue weighted by Gasteiger charge is 2.27. The number of benzene rings is 6. The Balaban J connectivity index is 1.24. The number of aliphatic imine (C=N–C) groups is 1. The van der Waals surface area contributed by atoms with Crippen molar-refractivity contribution in [2.75, 3.05) is 0 Å². The van der Waals surface area contributed by atoms with E-state index in [1.165, 1.54) is 27.1 Å². The van der Waals surface area contributed by atoms with Gasteiger partial charge in [0.05, 0.1) is 22.8 Å². The molecule has 46 heavy (non-hydrogen) atoms. The van der Waals surface area contributed by atoms with Crippen LogP contribution in [0.2, 0.25) is 0 Å². The number of furan rings is 1. The van der Waals surface area contributed by atoms with E-state index >= 15 is 0 Å². The first-order valence-corrected chi connectivity index (χ1v) is 15.7. The van der Waals surface area contributed by atoms with E-state index in [1.54, 1.807) is 0 Å². The van der Waals surface area contributed by atoms with E-state index in [9.17, 15) is 0 Å². The number of aromatic nitrogens is 1. The first kappa shape index (κ1) is 25.2. The molecule has 0 spiro atoms. The average molecular weight is 590 g/mol. The van der Waals surface area contributed by atoms with Crippen LogP contribution in [-0.4, -0.2) is 16.6 Å². The average Bonchev–Trinajstić information content (AvgIpc) is 3.67. The minimum Gasteiger partial charge on any atom is -0.456 e. The first-order valence-electron chi connectivity index (χ1n) is 15.7. The molecule has 0 saturated carbocycles. The molecule has 3 heterocycles. The molecule has 0 bridgehead atoms. The Labute approximate surface area is 264 Å². The maximum Gasteiger partial charge on any atom is 0.209 e. The minimum atomic E-state index is 0.0194. The van der Waals surface area contributed by atoms with Crippen LogP contribution in [0.1, 0.15) is 5.56 Å². The van der Waals surface area contributed by atoms with Gasteiger partial charge in [0, 0.05) is 38.1 Å². The third kappa shape index (κ3) is 3.71. The SMILES string of the molecule is C1=CC2=C(c3ccccc3)N=C(n3c4ccccc4c4ccc5ccc(-c6ccc7oc8ccccc8c7c6)cc5c43)NC2C=C1. The molecule has 8 aromatic rings. The molecule has 1 N–H and O–H groups in total. The van der Waals surface area contributed by atoms with Crippen LogP contribution in [0.5, 0.6) is 0 Å². The van der Waals surface area contributed by atoms with Gasteiger partial charge >= 0.3 is 0 Å². The van der Waals surface area contributed by atoms with Crippen molar-refractivity contribution in [2.45, 2.75) is 6.04 Å². The summed E-state index contributed by atoms with van der Waals surface area (Å²) in [5, 5.41) is 10.8. The molecule has 10 rings (SSSR count). The predicted molar refractivity (Wildman–Crippen MR) is 191 cm³/mol. The number of para-hydroxylation sites is 2. The van der Waals surface area contributed by atoms with Crippen molar-refractivity contribution in [1.29, 1.82) is 0 Å². The molecule has 0 amide bonds. The maximum absolute atomic E-state index is 6.13. The molecule has 4 nitrogen and oxygen atoms in total. The van der Waals surface area contributed by atoms with Gasteiger partial charge in [0.1, 0.15) is 11.2 Å². The topological polar surface area (TPSA) is 42.5 Å². The normalized spacial score (nSPS) is 16.1. The Hall–Kier alpha value is -6.13. The number of rotatable bonds is 2. The first-order chi connectivity index (χ1) is 22.8. The number of fused-ring (bicyclic) bond motifs is 9. The van der Waals surface area contributed by atoms with Crippen LogP contribution in [0, 0.1) is 0 Å². The number of hydrogen-bond donors (Lipinski definition) is 1. The molecule has 216 valence electrons. The molecule has 1 atom stereocenters. The van der Waals surface area contributed by atoms with Gasteiger partial charge < -0.3 is 9.73 Å². The van der Waals surface area contributed by atoms with Crippen LogP contribution in [0.4, 0.5) is 0 Å². The molecule has 2 aromatic heterocycles. The monoisotopic (exact) mass is 589 g/mol. The van der Waals surface area contributed by atoms with E-state index < -0.39 is 0 Å². The van der Waals surface area contributed by atoms with Gasteiger partial charge in [0.2, 0.25) is 5.96 Å². The van der Waals surface area contributed by atoms with Gasteiger partial charge in [-0.1, -0.05) is 121 Å². The van der Waals surface area contributed by atoms with Crippen molar-refractivity contribution in [2.24, 2.45) is 4.99 Å². The molecule has 6 aromatic carbocycles. The molecule has 2 aliphatic rings. The van der Waals surface area contributed by atoms with Gasteiger partial charge in [-0.05, 0) is 46.8 Å². The molecular formula is C42H27N3O. The van der Waals surface area contributed by atoms with Crippen molar-refractivity contribution in [3.63, 3.8) is 0 Å². The van der Waals surface area contributed by atoms with E-state index in [4.69, 9.17) is 9.41 Å².